The number of carbonyl (C=O) groups excluding carboxylic acids is 1. The zero-order valence-corrected chi connectivity index (χ0v) is 16.8. The van der Waals surface area contributed by atoms with E-state index in [-0.39, 0.29) is 16.7 Å². The summed E-state index contributed by atoms with van der Waals surface area (Å²) in [5.74, 6) is 0.644. The number of methoxy groups -OCH3 is 1. The lowest BCUT2D eigenvalue weighted by molar-refractivity contribution is 0.0696. The molecule has 1 aromatic carbocycles. The van der Waals surface area contributed by atoms with Gasteiger partial charge in [0.25, 0.3) is 5.91 Å². The van der Waals surface area contributed by atoms with Gasteiger partial charge in [0.2, 0.25) is 10.0 Å². The van der Waals surface area contributed by atoms with Gasteiger partial charge in [-0.15, -0.1) is 5.10 Å². The first kappa shape index (κ1) is 19.7. The van der Waals surface area contributed by atoms with Crippen molar-refractivity contribution < 1.29 is 17.9 Å². The van der Waals surface area contributed by atoms with Crippen LogP contribution in [0.3, 0.4) is 0 Å². The zero-order chi connectivity index (χ0) is 19.4. The van der Waals surface area contributed by atoms with Crippen LogP contribution in [0.5, 0.6) is 5.75 Å². The normalized spacial score (nSPS) is 15.7. The van der Waals surface area contributed by atoms with Gasteiger partial charge in [-0.2, -0.15) is 0 Å². The highest BCUT2D eigenvalue weighted by Gasteiger charge is 2.27. The molecule has 0 unspecified atom stereocenters. The number of rotatable bonds is 6. The molecule has 2 aromatic rings. The fourth-order valence-corrected chi connectivity index (χ4v) is 4.77. The van der Waals surface area contributed by atoms with Crippen LogP contribution in [0.2, 0.25) is 0 Å². The summed E-state index contributed by atoms with van der Waals surface area (Å²) in [7, 11) is -2.09. The Labute approximate surface area is 162 Å². The molecular formula is C17H22N4O4S2. The lowest BCUT2D eigenvalue weighted by Gasteiger charge is -2.31. The Kier molecular flexibility index (Phi) is 6.08. The minimum atomic E-state index is -3.59. The third-order valence-corrected chi connectivity index (χ3v) is 6.90. The minimum absolute atomic E-state index is 0.0436. The molecule has 1 amide bonds. The predicted molar refractivity (Wildman–Crippen MR) is 101 cm³/mol. The van der Waals surface area contributed by atoms with Crippen molar-refractivity contribution in [3.8, 4) is 5.75 Å². The van der Waals surface area contributed by atoms with Crippen LogP contribution in [-0.4, -0.2) is 55.6 Å². The van der Waals surface area contributed by atoms with Crippen LogP contribution in [0, 0.1) is 12.8 Å². The van der Waals surface area contributed by atoms with Crippen LogP contribution in [0.4, 0.5) is 0 Å². The summed E-state index contributed by atoms with van der Waals surface area (Å²) < 4.78 is 36.5. The number of hydrogen-bond acceptors (Lipinski definition) is 7. The molecule has 0 bridgehead atoms. The van der Waals surface area contributed by atoms with E-state index in [1.807, 2.05) is 0 Å². The van der Waals surface area contributed by atoms with Crippen molar-refractivity contribution in [2.75, 3.05) is 26.7 Å². The first-order chi connectivity index (χ1) is 12.9. The van der Waals surface area contributed by atoms with Gasteiger partial charge in [-0.1, -0.05) is 10.6 Å². The van der Waals surface area contributed by atoms with Gasteiger partial charge in [0.15, 0.2) is 0 Å². The van der Waals surface area contributed by atoms with Crippen molar-refractivity contribution in [3.05, 3.63) is 34.8 Å². The summed E-state index contributed by atoms with van der Waals surface area (Å²) in [6.45, 7) is 3.32. The smallest absolute Gasteiger partial charge is 0.267 e. The van der Waals surface area contributed by atoms with Crippen LogP contribution in [0.1, 0.15) is 28.2 Å². The van der Waals surface area contributed by atoms with Crippen molar-refractivity contribution in [1.82, 2.24) is 19.2 Å². The molecule has 0 atom stereocenters. The average Bonchev–Trinajstić information content (AvgIpc) is 3.12. The molecule has 1 N–H and O–H groups in total. The van der Waals surface area contributed by atoms with Crippen LogP contribution in [0.25, 0.3) is 0 Å². The van der Waals surface area contributed by atoms with Crippen LogP contribution < -0.4 is 9.46 Å². The second-order valence-corrected chi connectivity index (χ2v) is 8.98. The molecule has 1 aromatic heterocycles. The summed E-state index contributed by atoms with van der Waals surface area (Å²) in [5.41, 5.74) is 0.651. The maximum atomic E-state index is 12.5. The molecule has 1 fully saturated rings. The van der Waals surface area contributed by atoms with E-state index in [2.05, 4.69) is 14.3 Å². The van der Waals surface area contributed by atoms with E-state index < -0.39 is 10.0 Å². The molecule has 0 saturated carbocycles. The Balaban J connectivity index is 1.53. The molecule has 27 heavy (non-hydrogen) atoms. The number of amides is 1. The number of benzene rings is 1. The van der Waals surface area contributed by atoms with Gasteiger partial charge in [-0.3, -0.25) is 4.79 Å². The molecule has 0 aliphatic carbocycles. The molecule has 0 spiro atoms. The molecule has 3 rings (SSSR count). The molecule has 146 valence electrons. The topological polar surface area (TPSA) is 101 Å². The van der Waals surface area contributed by atoms with Crippen LogP contribution >= 0.6 is 11.5 Å². The summed E-state index contributed by atoms with van der Waals surface area (Å²) >= 11 is 1.11. The highest BCUT2D eigenvalue weighted by molar-refractivity contribution is 7.89. The largest absolute Gasteiger partial charge is 0.497 e. The number of carbonyl (C=O) groups is 1. The van der Waals surface area contributed by atoms with Gasteiger partial charge in [-0.25, -0.2) is 13.1 Å². The lowest BCUT2D eigenvalue weighted by atomic mass is 9.97. The minimum Gasteiger partial charge on any atom is -0.497 e. The highest BCUT2D eigenvalue weighted by Crippen LogP contribution is 2.22. The lowest BCUT2D eigenvalue weighted by Crippen LogP contribution is -2.41. The standard InChI is InChI=1S/C17H22N4O4S2/c1-12-16(26-20-19-12)17(22)21-8-6-13(7-9-21)11-18-27(23,24)15-5-3-4-14(10-15)25-2/h3-5,10,13,18H,6-9,11H2,1-2H3. The van der Waals surface area contributed by atoms with Gasteiger partial charge in [0.1, 0.15) is 10.6 Å². The van der Waals surface area contributed by atoms with E-state index in [9.17, 15) is 13.2 Å². The van der Waals surface area contributed by atoms with Crippen LogP contribution in [-0.2, 0) is 10.0 Å². The Hall–Kier alpha value is -2.04. The maximum Gasteiger partial charge on any atom is 0.267 e. The van der Waals surface area contributed by atoms with Crippen molar-refractivity contribution in [1.29, 1.82) is 0 Å². The average molecular weight is 411 g/mol. The Morgan fingerprint density at radius 2 is 2.11 bits per heavy atom. The fourth-order valence-electron chi connectivity index (χ4n) is 2.99. The van der Waals surface area contributed by atoms with E-state index in [1.165, 1.54) is 19.2 Å². The summed E-state index contributed by atoms with van der Waals surface area (Å²) in [5, 5.41) is 3.88. The molecule has 1 aliphatic rings. The Bertz CT molecular complexity index is 905. The van der Waals surface area contributed by atoms with Crippen molar-refractivity contribution >= 4 is 27.5 Å². The number of aromatic nitrogens is 2. The van der Waals surface area contributed by atoms with E-state index in [0.717, 1.165) is 24.4 Å². The summed E-state index contributed by atoms with van der Waals surface area (Å²) in [6.07, 6.45) is 1.50. The van der Waals surface area contributed by atoms with Gasteiger partial charge in [-0.05, 0) is 49.3 Å². The molecule has 8 nitrogen and oxygen atoms in total. The molecule has 1 saturated heterocycles. The SMILES string of the molecule is COc1cccc(S(=O)(=O)NCC2CCN(C(=O)c3snnc3C)CC2)c1. The second kappa shape index (κ2) is 8.32. The Morgan fingerprint density at radius 1 is 1.37 bits per heavy atom. The highest BCUT2D eigenvalue weighted by atomic mass is 32.2. The molecule has 10 heteroatoms. The third-order valence-electron chi connectivity index (χ3n) is 4.66. The van der Waals surface area contributed by atoms with Gasteiger partial charge < -0.3 is 9.64 Å². The number of sulfonamides is 1. The van der Waals surface area contributed by atoms with E-state index in [1.54, 1.807) is 24.0 Å². The molecule has 0 radical (unpaired) electrons. The first-order valence-electron chi connectivity index (χ1n) is 8.62. The van der Waals surface area contributed by atoms with Crippen molar-refractivity contribution in [2.45, 2.75) is 24.7 Å². The van der Waals surface area contributed by atoms with Crippen molar-refractivity contribution in [3.63, 3.8) is 0 Å². The maximum absolute atomic E-state index is 12.5. The van der Waals surface area contributed by atoms with Gasteiger partial charge in [0, 0.05) is 25.7 Å². The van der Waals surface area contributed by atoms with E-state index >= 15 is 0 Å². The van der Waals surface area contributed by atoms with E-state index in [4.69, 9.17) is 4.74 Å². The molecule has 1 aliphatic heterocycles. The fraction of sp³-hybridized carbons (Fsp3) is 0.471. The van der Waals surface area contributed by atoms with Gasteiger partial charge in [0.05, 0.1) is 17.7 Å². The van der Waals surface area contributed by atoms with Gasteiger partial charge >= 0.3 is 0 Å². The Morgan fingerprint density at radius 3 is 2.74 bits per heavy atom. The number of nitrogens with one attached hydrogen (secondary N) is 1. The second-order valence-electron chi connectivity index (χ2n) is 6.45. The monoisotopic (exact) mass is 410 g/mol. The zero-order valence-electron chi connectivity index (χ0n) is 15.2. The summed E-state index contributed by atoms with van der Waals surface area (Å²) in [6, 6.07) is 6.38. The molecule has 2 heterocycles. The first-order valence-corrected chi connectivity index (χ1v) is 10.9. The quantitative estimate of drug-likeness (QED) is 0.778. The number of nitrogens with zero attached hydrogens (tertiary/aromatic N) is 3. The van der Waals surface area contributed by atoms with Crippen molar-refractivity contribution in [2.24, 2.45) is 5.92 Å². The third kappa shape index (κ3) is 4.63. The number of ether oxygens (including phenoxy) is 1. The molecular weight excluding hydrogens is 388 g/mol. The van der Waals surface area contributed by atoms with E-state index in [0.29, 0.717) is 36.0 Å². The predicted octanol–water partition coefficient (Wildman–Crippen LogP) is 1.69. The number of aryl methyl sites for hydroxylation is 1. The summed E-state index contributed by atoms with van der Waals surface area (Å²) in [4.78, 5) is 15.0. The van der Waals surface area contributed by atoms with Crippen LogP contribution in [0.15, 0.2) is 29.2 Å². The number of piperidine rings is 1. The number of likely N-dealkylation sites (tertiary alicyclic amines) is 1. The number of hydrogen-bond donors (Lipinski definition) is 1.